The van der Waals surface area contributed by atoms with Crippen LogP contribution in [0.2, 0.25) is 0 Å². The third-order valence-corrected chi connectivity index (χ3v) is 4.93. The topological polar surface area (TPSA) is 77.3 Å². The van der Waals surface area contributed by atoms with Crippen molar-refractivity contribution in [3.63, 3.8) is 0 Å². The number of nitro benzene ring substituents is 1. The fourth-order valence-corrected chi connectivity index (χ4v) is 2.74. The first-order chi connectivity index (χ1) is 8.82. The molecule has 1 aromatic carbocycles. The summed E-state index contributed by atoms with van der Waals surface area (Å²) in [6.07, 6.45) is 0. The average molecular weight is 283 g/mol. The van der Waals surface area contributed by atoms with Crippen molar-refractivity contribution >= 4 is 22.3 Å². The quantitative estimate of drug-likeness (QED) is 0.456. The van der Waals surface area contributed by atoms with E-state index in [9.17, 15) is 19.1 Å². The van der Waals surface area contributed by atoms with Crippen LogP contribution in [-0.2, 0) is 10.8 Å². The number of hydrogen-bond donors (Lipinski definition) is 0. The number of non-ortho nitro benzene ring substituents is 1. The molecule has 0 fully saturated rings. The number of rotatable bonds is 6. The first kappa shape index (κ1) is 15.5. The van der Waals surface area contributed by atoms with Crippen molar-refractivity contribution in [2.45, 2.75) is 26.0 Å². The SMILES string of the molecule is CC(C)C(C)S(=O)CC(=O)c1cccc([N+](=O)[O-])c1. The van der Waals surface area contributed by atoms with Gasteiger partial charge in [0.1, 0.15) is 0 Å². The van der Waals surface area contributed by atoms with Crippen molar-refractivity contribution in [1.82, 2.24) is 0 Å². The van der Waals surface area contributed by atoms with Crippen LogP contribution in [0, 0.1) is 16.0 Å². The number of Topliss-reactive ketones (excluding diaryl/α,β-unsaturated/α-hetero) is 1. The summed E-state index contributed by atoms with van der Waals surface area (Å²) in [5, 5.41) is 10.5. The Morgan fingerprint density at radius 2 is 2.00 bits per heavy atom. The summed E-state index contributed by atoms with van der Waals surface area (Å²) in [6, 6.07) is 5.51. The molecule has 0 saturated carbocycles. The van der Waals surface area contributed by atoms with Crippen LogP contribution in [0.3, 0.4) is 0 Å². The smallest absolute Gasteiger partial charge is 0.270 e. The Morgan fingerprint density at radius 1 is 1.37 bits per heavy atom. The minimum atomic E-state index is -1.26. The Kier molecular flexibility index (Phi) is 5.35. The molecule has 1 rings (SSSR count). The first-order valence-corrected chi connectivity index (χ1v) is 7.36. The third-order valence-electron chi connectivity index (χ3n) is 3.01. The minimum absolute atomic E-state index is 0.0809. The number of nitro groups is 1. The lowest BCUT2D eigenvalue weighted by molar-refractivity contribution is -0.384. The van der Waals surface area contributed by atoms with Gasteiger partial charge in [0.15, 0.2) is 5.78 Å². The standard InChI is InChI=1S/C13H17NO4S/c1-9(2)10(3)19(18)8-13(15)11-5-4-6-12(7-11)14(16)17/h4-7,9-10H,8H2,1-3H3. The van der Waals surface area contributed by atoms with Crippen LogP contribution in [0.15, 0.2) is 24.3 Å². The van der Waals surface area contributed by atoms with Crippen molar-refractivity contribution in [3.8, 4) is 0 Å². The van der Waals surface area contributed by atoms with Gasteiger partial charge in [-0.3, -0.25) is 19.1 Å². The molecule has 6 heteroatoms. The van der Waals surface area contributed by atoms with Crippen LogP contribution in [-0.4, -0.2) is 25.9 Å². The van der Waals surface area contributed by atoms with Gasteiger partial charge < -0.3 is 0 Å². The van der Waals surface area contributed by atoms with Gasteiger partial charge >= 0.3 is 0 Å². The number of nitrogens with zero attached hydrogens (tertiary/aromatic N) is 1. The van der Waals surface area contributed by atoms with Gasteiger partial charge in [-0.25, -0.2) is 0 Å². The highest BCUT2D eigenvalue weighted by atomic mass is 32.2. The molecule has 19 heavy (non-hydrogen) atoms. The molecule has 0 spiro atoms. The Balaban J connectivity index is 2.81. The number of hydrogen-bond acceptors (Lipinski definition) is 4. The van der Waals surface area contributed by atoms with Crippen molar-refractivity contribution < 1.29 is 13.9 Å². The molecule has 2 atom stereocenters. The van der Waals surface area contributed by atoms with E-state index in [0.29, 0.717) is 0 Å². The van der Waals surface area contributed by atoms with Crippen LogP contribution in [0.4, 0.5) is 5.69 Å². The second-order valence-electron chi connectivity index (χ2n) is 4.70. The van der Waals surface area contributed by atoms with Crippen LogP contribution in [0.5, 0.6) is 0 Å². The summed E-state index contributed by atoms with van der Waals surface area (Å²) in [5.41, 5.74) is 0.104. The van der Waals surface area contributed by atoms with Gasteiger partial charge in [0, 0.05) is 33.7 Å². The molecule has 0 amide bonds. The molecule has 0 saturated heterocycles. The molecule has 2 unspecified atom stereocenters. The van der Waals surface area contributed by atoms with Crippen LogP contribution in [0.1, 0.15) is 31.1 Å². The predicted octanol–water partition coefficient (Wildman–Crippen LogP) is 2.57. The fraction of sp³-hybridized carbons (Fsp3) is 0.462. The maximum Gasteiger partial charge on any atom is 0.270 e. The normalized spacial score (nSPS) is 14.1. The zero-order valence-electron chi connectivity index (χ0n) is 11.2. The molecule has 0 bridgehead atoms. The Morgan fingerprint density at radius 3 is 2.53 bits per heavy atom. The number of carbonyl (C=O) groups is 1. The van der Waals surface area contributed by atoms with E-state index in [1.54, 1.807) is 0 Å². The summed E-state index contributed by atoms with van der Waals surface area (Å²) in [5.74, 6) is -0.200. The molecular formula is C13H17NO4S. The fourth-order valence-electron chi connectivity index (χ4n) is 1.44. The maximum absolute atomic E-state index is 11.9. The largest absolute Gasteiger partial charge is 0.293 e. The lowest BCUT2D eigenvalue weighted by Crippen LogP contribution is -2.24. The van der Waals surface area contributed by atoms with Crippen LogP contribution in [0.25, 0.3) is 0 Å². The molecule has 1 aromatic rings. The van der Waals surface area contributed by atoms with Crippen molar-refractivity contribution in [2.24, 2.45) is 5.92 Å². The molecule has 0 N–H and O–H groups in total. The van der Waals surface area contributed by atoms with E-state index in [2.05, 4.69) is 0 Å². The van der Waals surface area contributed by atoms with E-state index in [-0.39, 0.29) is 34.0 Å². The van der Waals surface area contributed by atoms with E-state index in [1.807, 2.05) is 20.8 Å². The molecule has 0 aromatic heterocycles. The Labute approximate surface area is 114 Å². The highest BCUT2D eigenvalue weighted by Crippen LogP contribution is 2.15. The molecule has 0 heterocycles. The Hall–Kier alpha value is -1.56. The summed E-state index contributed by atoms with van der Waals surface area (Å²) < 4.78 is 11.9. The first-order valence-electron chi connectivity index (χ1n) is 5.97. The lowest BCUT2D eigenvalue weighted by atomic mass is 10.1. The van der Waals surface area contributed by atoms with Gasteiger partial charge in [0.25, 0.3) is 5.69 Å². The van der Waals surface area contributed by atoms with E-state index in [4.69, 9.17) is 0 Å². The lowest BCUT2D eigenvalue weighted by Gasteiger charge is -2.14. The maximum atomic E-state index is 11.9. The number of benzene rings is 1. The minimum Gasteiger partial charge on any atom is -0.293 e. The van der Waals surface area contributed by atoms with Crippen LogP contribution < -0.4 is 0 Å². The molecule has 104 valence electrons. The van der Waals surface area contributed by atoms with Gasteiger partial charge in [-0.1, -0.05) is 32.9 Å². The summed E-state index contributed by atoms with van der Waals surface area (Å²) in [6.45, 7) is 5.72. The summed E-state index contributed by atoms with van der Waals surface area (Å²) >= 11 is 0. The molecule has 0 aliphatic heterocycles. The molecule has 0 aliphatic carbocycles. The zero-order valence-corrected chi connectivity index (χ0v) is 12.0. The van der Waals surface area contributed by atoms with E-state index < -0.39 is 15.7 Å². The molecule has 5 nitrogen and oxygen atoms in total. The van der Waals surface area contributed by atoms with Gasteiger partial charge in [-0.2, -0.15) is 0 Å². The van der Waals surface area contributed by atoms with Crippen molar-refractivity contribution in [1.29, 1.82) is 0 Å². The van der Waals surface area contributed by atoms with E-state index in [0.717, 1.165) is 0 Å². The van der Waals surface area contributed by atoms with Gasteiger partial charge in [0.05, 0.1) is 10.7 Å². The van der Waals surface area contributed by atoms with Crippen LogP contribution >= 0.6 is 0 Å². The second kappa shape index (κ2) is 6.56. The molecule has 0 aliphatic rings. The number of ketones is 1. The summed E-state index contributed by atoms with van der Waals surface area (Å²) in [7, 11) is -1.26. The monoisotopic (exact) mass is 283 g/mol. The Bertz CT molecular complexity index is 513. The predicted molar refractivity (Wildman–Crippen MR) is 74.7 cm³/mol. The van der Waals surface area contributed by atoms with Crippen molar-refractivity contribution in [3.05, 3.63) is 39.9 Å². The van der Waals surface area contributed by atoms with Gasteiger partial charge in [-0.05, 0) is 5.92 Å². The molecule has 0 radical (unpaired) electrons. The van der Waals surface area contributed by atoms with E-state index in [1.165, 1.54) is 24.3 Å². The highest BCUT2D eigenvalue weighted by Gasteiger charge is 2.20. The zero-order chi connectivity index (χ0) is 14.6. The van der Waals surface area contributed by atoms with Gasteiger partial charge in [0.2, 0.25) is 0 Å². The summed E-state index contributed by atoms with van der Waals surface area (Å²) in [4.78, 5) is 22.0. The third kappa shape index (κ3) is 4.24. The van der Waals surface area contributed by atoms with E-state index >= 15 is 0 Å². The number of carbonyl (C=O) groups excluding carboxylic acids is 1. The highest BCUT2D eigenvalue weighted by molar-refractivity contribution is 7.86. The van der Waals surface area contributed by atoms with Gasteiger partial charge in [-0.15, -0.1) is 0 Å². The second-order valence-corrected chi connectivity index (χ2v) is 6.50. The molecular weight excluding hydrogens is 266 g/mol. The average Bonchev–Trinajstić information content (AvgIpc) is 2.37. The van der Waals surface area contributed by atoms with Crippen molar-refractivity contribution in [2.75, 3.05) is 5.75 Å².